The van der Waals surface area contributed by atoms with E-state index < -0.39 is 36.2 Å². The number of carbonyl (C=O) groups is 2. The summed E-state index contributed by atoms with van der Waals surface area (Å²) in [7, 11) is 0. The van der Waals surface area contributed by atoms with Gasteiger partial charge in [0.2, 0.25) is 12.3 Å². The average molecular weight is 467 g/mol. The summed E-state index contributed by atoms with van der Waals surface area (Å²) in [5.74, 6) is -1.29. The van der Waals surface area contributed by atoms with Gasteiger partial charge < -0.3 is 15.2 Å². The first-order valence-corrected chi connectivity index (χ1v) is 12.0. The van der Waals surface area contributed by atoms with Crippen LogP contribution in [0.5, 0.6) is 0 Å². The van der Waals surface area contributed by atoms with Crippen LogP contribution in [0, 0.1) is 11.3 Å². The standard InChI is InChI=1S/C25H36F2N2O4/c1-25(2,24(26)27)15-22(30)29-21(23(31)32)11-12-33-19-13-16(14-19)7-9-18-10-8-17-5-3-4-6-20(17)28-18/h8,10,16,19,21,24H,3-7,9,11-15H2,1-2H3,(H,29,30)(H,31,32)/t16?,19?,21-/m0/s1. The molecule has 0 spiro atoms. The van der Waals surface area contributed by atoms with Crippen molar-refractivity contribution in [3.63, 3.8) is 0 Å². The highest BCUT2D eigenvalue weighted by Crippen LogP contribution is 2.34. The number of hydrogen-bond acceptors (Lipinski definition) is 4. The second-order valence-corrected chi connectivity index (χ2v) is 10.2. The molecule has 1 amide bonds. The van der Waals surface area contributed by atoms with E-state index in [4.69, 9.17) is 9.72 Å². The molecule has 2 N–H and O–H groups in total. The van der Waals surface area contributed by atoms with E-state index in [0.717, 1.165) is 44.2 Å². The normalized spacial score (nSPS) is 21.2. The predicted molar refractivity (Wildman–Crippen MR) is 120 cm³/mol. The first-order chi connectivity index (χ1) is 15.6. The van der Waals surface area contributed by atoms with Gasteiger partial charge in [-0.15, -0.1) is 0 Å². The van der Waals surface area contributed by atoms with Crippen molar-refractivity contribution in [3.8, 4) is 0 Å². The van der Waals surface area contributed by atoms with Crippen molar-refractivity contribution in [3.05, 3.63) is 29.1 Å². The fraction of sp³-hybridized carbons (Fsp3) is 0.720. The van der Waals surface area contributed by atoms with Crippen LogP contribution in [0.1, 0.15) is 75.7 Å². The van der Waals surface area contributed by atoms with Gasteiger partial charge in [0.25, 0.3) is 0 Å². The van der Waals surface area contributed by atoms with Gasteiger partial charge in [-0.05, 0) is 68.9 Å². The molecule has 0 aliphatic heterocycles. The Labute approximate surface area is 194 Å². The van der Waals surface area contributed by atoms with Crippen molar-refractivity contribution in [2.24, 2.45) is 11.3 Å². The number of amides is 1. The number of carboxylic acid groups (broad SMARTS) is 1. The summed E-state index contributed by atoms with van der Waals surface area (Å²) in [6.07, 6.45) is 5.75. The van der Waals surface area contributed by atoms with Crippen LogP contribution in [-0.4, -0.2) is 47.1 Å². The van der Waals surface area contributed by atoms with Gasteiger partial charge in [-0.1, -0.05) is 19.9 Å². The summed E-state index contributed by atoms with van der Waals surface area (Å²) >= 11 is 0. The monoisotopic (exact) mass is 466 g/mol. The van der Waals surface area contributed by atoms with Crippen LogP contribution in [0.3, 0.4) is 0 Å². The number of pyridine rings is 1. The van der Waals surface area contributed by atoms with Crippen LogP contribution in [-0.2, 0) is 33.6 Å². The third-order valence-electron chi connectivity index (χ3n) is 6.84. The largest absolute Gasteiger partial charge is 0.480 e. The molecule has 1 aromatic heterocycles. The molecule has 1 saturated carbocycles. The molecule has 184 valence electrons. The van der Waals surface area contributed by atoms with Gasteiger partial charge in [0.05, 0.1) is 6.10 Å². The van der Waals surface area contributed by atoms with E-state index in [1.807, 2.05) is 0 Å². The maximum atomic E-state index is 12.9. The summed E-state index contributed by atoms with van der Waals surface area (Å²) in [6, 6.07) is 3.24. The zero-order valence-electron chi connectivity index (χ0n) is 19.6. The number of aromatic nitrogens is 1. The topological polar surface area (TPSA) is 88.5 Å². The zero-order chi connectivity index (χ0) is 24.0. The van der Waals surface area contributed by atoms with Crippen LogP contribution in [0.25, 0.3) is 0 Å². The van der Waals surface area contributed by atoms with Crippen molar-refractivity contribution in [1.82, 2.24) is 10.3 Å². The molecular weight excluding hydrogens is 430 g/mol. The number of aryl methyl sites for hydroxylation is 3. The first kappa shape index (κ1) is 25.5. The molecule has 1 atom stereocenters. The molecule has 1 heterocycles. The van der Waals surface area contributed by atoms with Crippen LogP contribution in [0.2, 0.25) is 0 Å². The van der Waals surface area contributed by atoms with E-state index in [9.17, 15) is 23.5 Å². The molecule has 0 bridgehead atoms. The second-order valence-electron chi connectivity index (χ2n) is 10.2. The number of rotatable bonds is 12. The minimum Gasteiger partial charge on any atom is -0.480 e. The Balaban J connectivity index is 1.32. The van der Waals surface area contributed by atoms with E-state index in [-0.39, 0.29) is 19.1 Å². The number of carboxylic acids is 1. The first-order valence-electron chi connectivity index (χ1n) is 12.0. The molecule has 0 unspecified atom stereocenters. The third kappa shape index (κ3) is 7.45. The summed E-state index contributed by atoms with van der Waals surface area (Å²) in [6.45, 7) is 2.77. The number of halogens is 2. The number of alkyl halides is 2. The quantitative estimate of drug-likeness (QED) is 0.479. The lowest BCUT2D eigenvalue weighted by atomic mass is 9.79. The Morgan fingerprint density at radius 2 is 1.97 bits per heavy atom. The molecule has 0 saturated heterocycles. The van der Waals surface area contributed by atoms with E-state index in [1.54, 1.807) is 0 Å². The van der Waals surface area contributed by atoms with E-state index in [2.05, 4.69) is 17.4 Å². The number of nitrogens with zero attached hydrogens (tertiary/aromatic N) is 1. The fourth-order valence-electron chi connectivity index (χ4n) is 4.51. The molecule has 6 nitrogen and oxygen atoms in total. The van der Waals surface area contributed by atoms with Crippen molar-refractivity contribution >= 4 is 11.9 Å². The van der Waals surface area contributed by atoms with Crippen LogP contribution in [0.4, 0.5) is 8.78 Å². The molecule has 8 heteroatoms. The number of carbonyl (C=O) groups excluding carboxylic acids is 1. The molecule has 1 fully saturated rings. The van der Waals surface area contributed by atoms with E-state index in [1.165, 1.54) is 37.9 Å². The molecule has 0 aromatic carbocycles. The highest BCUT2D eigenvalue weighted by atomic mass is 19.3. The molecule has 0 radical (unpaired) electrons. The van der Waals surface area contributed by atoms with E-state index in [0.29, 0.717) is 5.92 Å². The van der Waals surface area contributed by atoms with Gasteiger partial charge in [-0.2, -0.15) is 0 Å². The Morgan fingerprint density at radius 3 is 2.67 bits per heavy atom. The van der Waals surface area contributed by atoms with Crippen LogP contribution >= 0.6 is 0 Å². The van der Waals surface area contributed by atoms with Crippen molar-refractivity contribution in [2.45, 2.75) is 96.6 Å². The Bertz CT molecular complexity index is 825. The number of fused-ring (bicyclic) bond motifs is 1. The highest BCUT2D eigenvalue weighted by molar-refractivity contribution is 5.83. The van der Waals surface area contributed by atoms with Gasteiger partial charge >= 0.3 is 5.97 Å². The molecule has 2 aliphatic carbocycles. The minimum atomic E-state index is -2.66. The van der Waals surface area contributed by atoms with Gasteiger partial charge in [0.1, 0.15) is 6.04 Å². The van der Waals surface area contributed by atoms with Gasteiger partial charge in [-0.25, -0.2) is 13.6 Å². The number of nitrogens with one attached hydrogen (secondary N) is 1. The Kier molecular flexibility index (Phi) is 8.79. The summed E-state index contributed by atoms with van der Waals surface area (Å²) < 4.78 is 31.7. The summed E-state index contributed by atoms with van der Waals surface area (Å²) in [5, 5.41) is 11.7. The summed E-state index contributed by atoms with van der Waals surface area (Å²) in [5.41, 5.74) is 2.33. The number of ether oxygens (including phenoxy) is 1. The van der Waals surface area contributed by atoms with Crippen molar-refractivity contribution < 1.29 is 28.2 Å². The van der Waals surface area contributed by atoms with Crippen molar-refractivity contribution in [1.29, 1.82) is 0 Å². The smallest absolute Gasteiger partial charge is 0.326 e. The molecule has 3 rings (SSSR count). The molecule has 33 heavy (non-hydrogen) atoms. The minimum absolute atomic E-state index is 0.106. The predicted octanol–water partition coefficient (Wildman–Crippen LogP) is 4.33. The van der Waals surface area contributed by atoms with Crippen LogP contribution in [0.15, 0.2) is 12.1 Å². The number of hydrogen-bond donors (Lipinski definition) is 2. The fourth-order valence-corrected chi connectivity index (χ4v) is 4.51. The lowest BCUT2D eigenvalue weighted by molar-refractivity contribution is -0.143. The van der Waals surface area contributed by atoms with Gasteiger partial charge in [0, 0.05) is 36.3 Å². The Hall–Kier alpha value is -2.09. The van der Waals surface area contributed by atoms with E-state index >= 15 is 0 Å². The molecular formula is C25H36F2N2O4. The average Bonchev–Trinajstić information content (AvgIpc) is 2.73. The lowest BCUT2D eigenvalue weighted by Gasteiger charge is -2.35. The lowest BCUT2D eigenvalue weighted by Crippen LogP contribution is -2.44. The highest BCUT2D eigenvalue weighted by Gasteiger charge is 2.34. The zero-order valence-corrected chi connectivity index (χ0v) is 19.6. The third-order valence-corrected chi connectivity index (χ3v) is 6.84. The van der Waals surface area contributed by atoms with Crippen LogP contribution < -0.4 is 5.32 Å². The van der Waals surface area contributed by atoms with Gasteiger partial charge in [0.15, 0.2) is 0 Å². The molecule has 1 aromatic rings. The number of aliphatic carboxylic acids is 1. The Morgan fingerprint density at radius 1 is 1.24 bits per heavy atom. The van der Waals surface area contributed by atoms with Gasteiger partial charge in [-0.3, -0.25) is 9.78 Å². The molecule has 2 aliphatic rings. The summed E-state index contributed by atoms with van der Waals surface area (Å²) in [4.78, 5) is 28.3. The second kappa shape index (κ2) is 11.4. The SMILES string of the molecule is CC(C)(CC(=O)N[C@@H](CCOC1CC(CCc2ccc3c(n2)CCCC3)C1)C(=O)O)C(F)F. The maximum Gasteiger partial charge on any atom is 0.326 e. The maximum absolute atomic E-state index is 12.9. The van der Waals surface area contributed by atoms with Crippen molar-refractivity contribution in [2.75, 3.05) is 6.61 Å².